The minimum atomic E-state index is 0.492. The molecular weight excluding hydrogens is 232 g/mol. The maximum atomic E-state index is 5.76. The third kappa shape index (κ3) is 2.55. The van der Waals surface area contributed by atoms with E-state index in [-0.39, 0.29) is 0 Å². The van der Waals surface area contributed by atoms with Gasteiger partial charge in [0.15, 0.2) is 5.82 Å². The van der Waals surface area contributed by atoms with Gasteiger partial charge in [0.1, 0.15) is 17.5 Å². The second-order valence-corrected chi connectivity index (χ2v) is 4.33. The molecule has 0 saturated heterocycles. The lowest BCUT2D eigenvalue weighted by Gasteiger charge is -2.06. The van der Waals surface area contributed by atoms with Crippen LogP contribution < -0.4 is 11.1 Å². The number of anilines is 2. The molecule has 3 N–H and O–H groups in total. The standard InChI is InChI=1S/C11H14N6O/c12-8-5-10(16-11(15-8)7-1-2-7)13-4-3-9-14-6-18-17-9/h5-7H,1-4H2,(H3,12,13,15,16). The van der Waals surface area contributed by atoms with Crippen LogP contribution in [0.15, 0.2) is 17.0 Å². The molecule has 1 fully saturated rings. The molecule has 1 saturated carbocycles. The maximum Gasteiger partial charge on any atom is 0.213 e. The molecule has 18 heavy (non-hydrogen) atoms. The van der Waals surface area contributed by atoms with Crippen LogP contribution in [-0.4, -0.2) is 26.7 Å². The summed E-state index contributed by atoms with van der Waals surface area (Å²) in [5.41, 5.74) is 5.76. The molecule has 0 bridgehead atoms. The average Bonchev–Trinajstić information content (AvgIpc) is 3.08. The molecule has 2 aromatic heterocycles. The lowest BCUT2D eigenvalue weighted by Crippen LogP contribution is -2.09. The van der Waals surface area contributed by atoms with Crippen LogP contribution in [0, 0.1) is 0 Å². The third-order valence-corrected chi connectivity index (χ3v) is 2.77. The van der Waals surface area contributed by atoms with E-state index in [9.17, 15) is 0 Å². The van der Waals surface area contributed by atoms with Crippen molar-refractivity contribution in [2.24, 2.45) is 0 Å². The quantitative estimate of drug-likeness (QED) is 0.810. The van der Waals surface area contributed by atoms with Crippen LogP contribution in [-0.2, 0) is 6.42 Å². The molecular formula is C11H14N6O. The number of nitrogens with zero attached hydrogens (tertiary/aromatic N) is 4. The second-order valence-electron chi connectivity index (χ2n) is 4.33. The van der Waals surface area contributed by atoms with E-state index in [0.717, 1.165) is 24.5 Å². The fourth-order valence-corrected chi connectivity index (χ4v) is 1.70. The SMILES string of the molecule is Nc1cc(NCCc2ncon2)nc(C2CC2)n1. The topological polar surface area (TPSA) is 103 Å². The van der Waals surface area contributed by atoms with E-state index in [1.807, 2.05) is 0 Å². The fraction of sp³-hybridized carbons (Fsp3) is 0.455. The summed E-state index contributed by atoms with van der Waals surface area (Å²) in [4.78, 5) is 12.6. The molecule has 0 aliphatic heterocycles. The first-order chi connectivity index (χ1) is 8.81. The normalized spacial score (nSPS) is 14.7. The molecule has 0 unspecified atom stereocenters. The van der Waals surface area contributed by atoms with E-state index in [4.69, 9.17) is 5.73 Å². The Morgan fingerprint density at radius 1 is 1.39 bits per heavy atom. The molecule has 1 aliphatic rings. The highest BCUT2D eigenvalue weighted by Crippen LogP contribution is 2.38. The maximum absolute atomic E-state index is 5.76. The summed E-state index contributed by atoms with van der Waals surface area (Å²) in [7, 11) is 0. The van der Waals surface area contributed by atoms with Crippen molar-refractivity contribution in [3.05, 3.63) is 24.1 Å². The van der Waals surface area contributed by atoms with E-state index in [2.05, 4.69) is 29.9 Å². The smallest absolute Gasteiger partial charge is 0.213 e. The lowest BCUT2D eigenvalue weighted by atomic mass is 10.3. The van der Waals surface area contributed by atoms with Crippen molar-refractivity contribution in [1.82, 2.24) is 20.1 Å². The van der Waals surface area contributed by atoms with Gasteiger partial charge in [-0.25, -0.2) is 9.97 Å². The van der Waals surface area contributed by atoms with Crippen LogP contribution in [0.1, 0.15) is 30.4 Å². The molecule has 0 spiro atoms. The van der Waals surface area contributed by atoms with E-state index in [1.165, 1.54) is 6.39 Å². The zero-order chi connectivity index (χ0) is 12.4. The molecule has 0 amide bonds. The summed E-state index contributed by atoms with van der Waals surface area (Å²) < 4.78 is 4.66. The van der Waals surface area contributed by atoms with Crippen molar-refractivity contribution in [2.75, 3.05) is 17.6 Å². The Balaban J connectivity index is 1.61. The van der Waals surface area contributed by atoms with E-state index in [0.29, 0.717) is 30.5 Å². The first-order valence-corrected chi connectivity index (χ1v) is 5.95. The van der Waals surface area contributed by atoms with Crippen molar-refractivity contribution in [2.45, 2.75) is 25.2 Å². The summed E-state index contributed by atoms with van der Waals surface area (Å²) >= 11 is 0. The summed E-state index contributed by atoms with van der Waals surface area (Å²) in [6.07, 6.45) is 4.32. The highest BCUT2D eigenvalue weighted by atomic mass is 16.5. The van der Waals surface area contributed by atoms with E-state index >= 15 is 0 Å². The molecule has 0 atom stereocenters. The molecule has 3 rings (SSSR count). The minimum absolute atomic E-state index is 0.492. The highest BCUT2D eigenvalue weighted by molar-refractivity contribution is 5.45. The van der Waals surface area contributed by atoms with Gasteiger partial charge in [-0.1, -0.05) is 5.16 Å². The zero-order valence-electron chi connectivity index (χ0n) is 9.83. The van der Waals surface area contributed by atoms with Crippen LogP contribution in [0.2, 0.25) is 0 Å². The van der Waals surface area contributed by atoms with Crippen LogP contribution in [0.25, 0.3) is 0 Å². The molecule has 94 valence electrons. The molecule has 2 heterocycles. The first kappa shape index (κ1) is 10.9. The largest absolute Gasteiger partial charge is 0.384 e. The van der Waals surface area contributed by atoms with Crippen LogP contribution in [0.5, 0.6) is 0 Å². The zero-order valence-corrected chi connectivity index (χ0v) is 9.83. The summed E-state index contributed by atoms with van der Waals surface area (Å²) in [5, 5.41) is 6.93. The van der Waals surface area contributed by atoms with Crippen LogP contribution in [0.4, 0.5) is 11.6 Å². The van der Waals surface area contributed by atoms with Crippen molar-refractivity contribution in [1.29, 1.82) is 0 Å². The lowest BCUT2D eigenvalue weighted by molar-refractivity contribution is 0.410. The van der Waals surface area contributed by atoms with Crippen molar-refractivity contribution < 1.29 is 4.52 Å². The summed E-state index contributed by atoms with van der Waals surface area (Å²) in [6.45, 7) is 0.681. The van der Waals surface area contributed by atoms with Gasteiger partial charge in [0.2, 0.25) is 6.39 Å². The Morgan fingerprint density at radius 2 is 2.28 bits per heavy atom. The van der Waals surface area contributed by atoms with Gasteiger partial charge in [0.25, 0.3) is 0 Å². The van der Waals surface area contributed by atoms with Gasteiger partial charge in [-0.15, -0.1) is 0 Å². The van der Waals surface area contributed by atoms with E-state index < -0.39 is 0 Å². The average molecular weight is 246 g/mol. The predicted molar refractivity (Wildman–Crippen MR) is 64.9 cm³/mol. The third-order valence-electron chi connectivity index (χ3n) is 2.77. The number of hydrogen-bond acceptors (Lipinski definition) is 7. The van der Waals surface area contributed by atoms with Gasteiger partial charge in [-0.2, -0.15) is 4.98 Å². The van der Waals surface area contributed by atoms with Gasteiger partial charge in [-0.3, -0.25) is 0 Å². The molecule has 1 aliphatic carbocycles. The number of aromatic nitrogens is 4. The molecule has 7 nitrogen and oxygen atoms in total. The van der Waals surface area contributed by atoms with Crippen LogP contribution >= 0.6 is 0 Å². The number of nitrogens with two attached hydrogens (primary N) is 1. The number of nitrogen functional groups attached to an aromatic ring is 1. The van der Waals surface area contributed by atoms with Crippen LogP contribution in [0.3, 0.4) is 0 Å². The predicted octanol–water partition coefficient (Wildman–Crippen LogP) is 0.974. The molecule has 2 aromatic rings. The Hall–Kier alpha value is -2.18. The minimum Gasteiger partial charge on any atom is -0.384 e. The van der Waals surface area contributed by atoms with Crippen molar-refractivity contribution in [3.63, 3.8) is 0 Å². The molecule has 0 radical (unpaired) electrons. The molecule has 7 heteroatoms. The number of hydrogen-bond donors (Lipinski definition) is 2. The van der Waals surface area contributed by atoms with Gasteiger partial charge in [0.05, 0.1) is 0 Å². The monoisotopic (exact) mass is 246 g/mol. The molecule has 0 aromatic carbocycles. The Bertz CT molecular complexity index is 522. The van der Waals surface area contributed by atoms with Crippen molar-refractivity contribution >= 4 is 11.6 Å². The Morgan fingerprint density at radius 3 is 3.00 bits per heavy atom. The Labute approximate surface area is 104 Å². The first-order valence-electron chi connectivity index (χ1n) is 5.95. The van der Waals surface area contributed by atoms with Crippen molar-refractivity contribution in [3.8, 4) is 0 Å². The van der Waals surface area contributed by atoms with Gasteiger partial charge in [-0.05, 0) is 12.8 Å². The van der Waals surface area contributed by atoms with Gasteiger partial charge >= 0.3 is 0 Å². The summed E-state index contributed by atoms with van der Waals surface area (Å²) in [6, 6.07) is 1.74. The second kappa shape index (κ2) is 4.59. The Kier molecular flexibility index (Phi) is 2.79. The van der Waals surface area contributed by atoms with Gasteiger partial charge < -0.3 is 15.6 Å². The number of nitrogens with one attached hydrogen (secondary N) is 1. The highest BCUT2D eigenvalue weighted by Gasteiger charge is 2.27. The van der Waals surface area contributed by atoms with E-state index in [1.54, 1.807) is 6.07 Å². The fourth-order valence-electron chi connectivity index (χ4n) is 1.70. The number of rotatable bonds is 5. The summed E-state index contributed by atoms with van der Waals surface area (Å²) in [5.74, 6) is 3.28. The van der Waals surface area contributed by atoms with Gasteiger partial charge in [0, 0.05) is 24.9 Å².